The Morgan fingerprint density at radius 2 is 1.49 bits per heavy atom. The van der Waals surface area contributed by atoms with E-state index in [1.165, 1.54) is 12.2 Å². The summed E-state index contributed by atoms with van der Waals surface area (Å²) in [5, 5.41) is 0. The molecule has 2 aromatic carbocycles. The second-order valence-electron chi connectivity index (χ2n) is 10.1. The zero-order valence-corrected chi connectivity index (χ0v) is 23.5. The molecule has 0 heterocycles. The van der Waals surface area contributed by atoms with E-state index in [0.717, 1.165) is 49.7 Å². The second-order valence-corrected chi connectivity index (χ2v) is 10.1. The Kier molecular flexibility index (Phi) is 13.0. The number of unbranched alkanes of at least 4 members (excludes halogenated alkanes) is 5. The molecule has 2 aromatic rings. The van der Waals surface area contributed by atoms with Crippen LogP contribution in [-0.2, 0) is 19.1 Å². The highest BCUT2D eigenvalue weighted by molar-refractivity contribution is 5.91. The lowest BCUT2D eigenvalue weighted by Gasteiger charge is -2.17. The lowest BCUT2D eigenvalue weighted by molar-refractivity contribution is -0.148. The Bertz CT molecular complexity index is 1120. The van der Waals surface area contributed by atoms with Crippen molar-refractivity contribution in [1.29, 1.82) is 0 Å². The van der Waals surface area contributed by atoms with E-state index in [4.69, 9.17) is 18.9 Å². The molecule has 39 heavy (non-hydrogen) atoms. The molecule has 0 aliphatic heterocycles. The van der Waals surface area contributed by atoms with Gasteiger partial charge in [-0.2, -0.15) is 0 Å². The molecule has 0 bridgehead atoms. The first-order chi connectivity index (χ1) is 18.6. The predicted molar refractivity (Wildman–Crippen MR) is 152 cm³/mol. The van der Waals surface area contributed by atoms with Crippen LogP contribution in [0.2, 0.25) is 0 Å². The summed E-state index contributed by atoms with van der Waals surface area (Å²) in [6, 6.07) is 12.2. The normalized spacial score (nSPS) is 11.2. The molecular formula is C32H40O7. The Hall–Kier alpha value is -3.87. The summed E-state index contributed by atoms with van der Waals surface area (Å²) in [7, 11) is 0. The molecule has 0 aliphatic carbocycles. The summed E-state index contributed by atoms with van der Waals surface area (Å²) < 4.78 is 21.6. The highest BCUT2D eigenvalue weighted by Gasteiger charge is 2.14. The minimum atomic E-state index is -0.549. The van der Waals surface area contributed by atoms with E-state index in [1.807, 2.05) is 33.8 Å². The quantitative estimate of drug-likeness (QED) is 0.105. The second kappa shape index (κ2) is 16.2. The van der Waals surface area contributed by atoms with E-state index in [-0.39, 0.29) is 5.97 Å². The first-order valence-electron chi connectivity index (χ1n) is 13.3. The maximum atomic E-state index is 12.6. The van der Waals surface area contributed by atoms with Gasteiger partial charge in [0.05, 0.1) is 18.8 Å². The van der Waals surface area contributed by atoms with Gasteiger partial charge in [0.15, 0.2) is 0 Å². The van der Waals surface area contributed by atoms with Crippen molar-refractivity contribution in [2.24, 2.45) is 0 Å². The zero-order valence-electron chi connectivity index (χ0n) is 23.5. The smallest absolute Gasteiger partial charge is 0.343 e. The van der Waals surface area contributed by atoms with Gasteiger partial charge < -0.3 is 18.9 Å². The van der Waals surface area contributed by atoms with Gasteiger partial charge in [0, 0.05) is 12.2 Å². The van der Waals surface area contributed by atoms with Gasteiger partial charge in [-0.3, -0.25) is 0 Å². The van der Waals surface area contributed by atoms with Crippen LogP contribution >= 0.6 is 0 Å². The lowest BCUT2D eigenvalue weighted by atomic mass is 10.1. The zero-order chi connectivity index (χ0) is 28.7. The maximum Gasteiger partial charge on any atom is 0.343 e. The molecule has 0 saturated heterocycles. The van der Waals surface area contributed by atoms with Crippen LogP contribution in [0.5, 0.6) is 11.5 Å². The molecule has 0 atom stereocenters. The third-order valence-electron chi connectivity index (χ3n) is 5.53. The van der Waals surface area contributed by atoms with Gasteiger partial charge in [-0.1, -0.05) is 38.3 Å². The minimum Gasteiger partial charge on any atom is -0.494 e. The van der Waals surface area contributed by atoms with Gasteiger partial charge >= 0.3 is 17.9 Å². The summed E-state index contributed by atoms with van der Waals surface area (Å²) in [5.74, 6) is -0.0913. The van der Waals surface area contributed by atoms with Crippen LogP contribution in [-0.4, -0.2) is 36.7 Å². The third-order valence-corrected chi connectivity index (χ3v) is 5.53. The maximum absolute atomic E-state index is 12.6. The fraction of sp³-hybridized carbons (Fsp3) is 0.406. The van der Waals surface area contributed by atoms with E-state index in [2.05, 4.69) is 6.58 Å². The average Bonchev–Trinajstić information content (AvgIpc) is 2.89. The van der Waals surface area contributed by atoms with Crippen molar-refractivity contribution >= 4 is 24.0 Å². The monoisotopic (exact) mass is 536 g/mol. The number of hydrogen-bond donors (Lipinski definition) is 0. The highest BCUT2D eigenvalue weighted by Crippen LogP contribution is 2.22. The van der Waals surface area contributed by atoms with Gasteiger partial charge in [0.1, 0.15) is 17.1 Å². The molecule has 0 amide bonds. The van der Waals surface area contributed by atoms with Crippen molar-refractivity contribution in [3.8, 4) is 11.5 Å². The summed E-state index contributed by atoms with van der Waals surface area (Å²) >= 11 is 0. The molecule has 0 aromatic heterocycles. The summed E-state index contributed by atoms with van der Waals surface area (Å²) in [5.41, 5.74) is 1.44. The first kappa shape index (κ1) is 31.3. The van der Waals surface area contributed by atoms with Crippen molar-refractivity contribution in [3.63, 3.8) is 0 Å². The SMILES string of the molecule is C=CC(=O)OCCCCCCCCOc1ccc(C(=O)Oc2ccc(/C=C/C(=O)OC(C)(C)C)cc2C)cc1. The number of ether oxygens (including phenoxy) is 4. The molecule has 0 unspecified atom stereocenters. The van der Waals surface area contributed by atoms with E-state index < -0.39 is 17.5 Å². The summed E-state index contributed by atoms with van der Waals surface area (Å²) in [6.07, 6.45) is 10.3. The predicted octanol–water partition coefficient (Wildman–Crippen LogP) is 7.02. The van der Waals surface area contributed by atoms with Crippen molar-refractivity contribution in [2.45, 2.75) is 71.8 Å². The molecule has 0 N–H and O–H groups in total. The fourth-order valence-corrected chi connectivity index (χ4v) is 3.57. The van der Waals surface area contributed by atoms with Crippen LogP contribution in [0.3, 0.4) is 0 Å². The molecule has 0 saturated carbocycles. The van der Waals surface area contributed by atoms with E-state index in [1.54, 1.807) is 42.5 Å². The number of aryl methyl sites for hydroxylation is 1. The molecular weight excluding hydrogens is 496 g/mol. The number of benzene rings is 2. The molecule has 0 radical (unpaired) electrons. The van der Waals surface area contributed by atoms with Gasteiger partial charge in [-0.25, -0.2) is 14.4 Å². The fourth-order valence-electron chi connectivity index (χ4n) is 3.57. The van der Waals surface area contributed by atoms with Crippen LogP contribution in [0.4, 0.5) is 0 Å². The highest BCUT2D eigenvalue weighted by atomic mass is 16.6. The first-order valence-corrected chi connectivity index (χ1v) is 13.3. The van der Waals surface area contributed by atoms with Crippen LogP contribution in [0.25, 0.3) is 6.08 Å². The van der Waals surface area contributed by atoms with Crippen molar-refractivity contribution < 1.29 is 33.3 Å². The molecule has 2 rings (SSSR count). The molecule has 0 aliphatic rings. The van der Waals surface area contributed by atoms with E-state index >= 15 is 0 Å². The molecule has 7 nitrogen and oxygen atoms in total. The van der Waals surface area contributed by atoms with Gasteiger partial charge in [-0.05, 0) is 94.1 Å². The number of esters is 3. The minimum absolute atomic E-state index is 0.371. The largest absolute Gasteiger partial charge is 0.494 e. The Morgan fingerprint density at radius 1 is 0.846 bits per heavy atom. The molecule has 0 spiro atoms. The summed E-state index contributed by atoms with van der Waals surface area (Å²) in [4.78, 5) is 35.4. The van der Waals surface area contributed by atoms with Crippen molar-refractivity contribution in [1.82, 2.24) is 0 Å². The average molecular weight is 537 g/mol. The summed E-state index contributed by atoms with van der Waals surface area (Å²) in [6.45, 7) is 11.7. The van der Waals surface area contributed by atoms with Crippen LogP contribution in [0.1, 0.15) is 80.8 Å². The lowest BCUT2D eigenvalue weighted by Crippen LogP contribution is -2.22. The Morgan fingerprint density at radius 3 is 2.10 bits per heavy atom. The van der Waals surface area contributed by atoms with Crippen molar-refractivity contribution in [3.05, 3.63) is 77.9 Å². The standard InChI is InChI=1S/C32H40O7/c1-6-29(33)37-22-12-10-8-7-9-11-21-36-27-17-15-26(16-18-27)31(35)38-28-19-13-25(23-24(28)2)14-20-30(34)39-32(3,4)5/h6,13-20,23H,1,7-12,21-22H2,2-5H3/b20-14+. The molecule has 0 fully saturated rings. The Labute approximate surface area is 231 Å². The van der Waals surface area contributed by atoms with Crippen molar-refractivity contribution in [2.75, 3.05) is 13.2 Å². The van der Waals surface area contributed by atoms with Crippen LogP contribution < -0.4 is 9.47 Å². The van der Waals surface area contributed by atoms with E-state index in [9.17, 15) is 14.4 Å². The molecule has 210 valence electrons. The van der Waals surface area contributed by atoms with Gasteiger partial charge in [0.25, 0.3) is 0 Å². The molecule has 7 heteroatoms. The Balaban J connectivity index is 1.71. The number of carbonyl (C=O) groups is 3. The van der Waals surface area contributed by atoms with Gasteiger partial charge in [0.2, 0.25) is 0 Å². The van der Waals surface area contributed by atoms with E-state index in [0.29, 0.717) is 30.3 Å². The van der Waals surface area contributed by atoms with Gasteiger partial charge in [-0.15, -0.1) is 0 Å². The number of carbonyl (C=O) groups excluding carboxylic acids is 3. The topological polar surface area (TPSA) is 88.1 Å². The van der Waals surface area contributed by atoms with Crippen LogP contribution in [0, 0.1) is 6.92 Å². The number of rotatable bonds is 15. The number of hydrogen-bond acceptors (Lipinski definition) is 7. The van der Waals surface area contributed by atoms with Crippen LogP contribution in [0.15, 0.2) is 61.2 Å². The third kappa shape index (κ3) is 13.0.